The summed E-state index contributed by atoms with van der Waals surface area (Å²) in [6, 6.07) is 0. The average Bonchev–Trinajstić information content (AvgIpc) is 3.10. The molecule has 0 aromatic carbocycles. The molecular weight excluding hydrogens is 390 g/mol. The molecule has 31 heavy (non-hydrogen) atoms. The highest BCUT2D eigenvalue weighted by molar-refractivity contribution is 5.85. The summed E-state index contributed by atoms with van der Waals surface area (Å²) in [6.45, 7) is 8.24. The Bertz CT molecular complexity index is 738. The zero-order chi connectivity index (χ0) is 22.2. The van der Waals surface area contributed by atoms with Gasteiger partial charge in [-0.2, -0.15) is 0 Å². The van der Waals surface area contributed by atoms with E-state index in [4.69, 9.17) is 4.84 Å². The normalized spacial score (nSPS) is 42.4. The summed E-state index contributed by atoms with van der Waals surface area (Å²) in [7, 11) is 1.85. The number of amides is 1. The van der Waals surface area contributed by atoms with E-state index in [0.717, 1.165) is 49.1 Å². The molecule has 4 aliphatic rings. The number of oxime groups is 1. The molecule has 7 atom stereocenters. The first-order valence-corrected chi connectivity index (χ1v) is 12.4. The van der Waals surface area contributed by atoms with Gasteiger partial charge in [0.05, 0.1) is 5.71 Å². The monoisotopic (exact) mass is 431 g/mol. The zero-order valence-corrected chi connectivity index (χ0v) is 19.8. The highest BCUT2D eigenvalue weighted by Gasteiger charge is 2.60. The summed E-state index contributed by atoms with van der Waals surface area (Å²) in [5.74, 6) is 3.75. The lowest BCUT2D eigenvalue weighted by molar-refractivity contribution is -0.138. The smallest absolute Gasteiger partial charge is 0.318 e. The number of hydrogen-bond acceptors (Lipinski definition) is 5. The molecule has 0 aliphatic heterocycles. The predicted molar refractivity (Wildman–Crippen MR) is 122 cm³/mol. The Labute approximate surface area is 187 Å². The lowest BCUT2D eigenvalue weighted by Crippen LogP contribution is -2.53. The first-order chi connectivity index (χ1) is 14.8. The number of carbonyl (C=O) groups is 2. The van der Waals surface area contributed by atoms with Gasteiger partial charge in [-0.3, -0.25) is 9.63 Å². The maximum atomic E-state index is 12.1. The summed E-state index contributed by atoms with van der Waals surface area (Å²) >= 11 is 0. The second-order valence-electron chi connectivity index (χ2n) is 11.2. The molecule has 6 nitrogen and oxygen atoms in total. The number of fused-ring (bicyclic) bond motifs is 5. The minimum Gasteiger partial charge on any atom is -0.318 e. The first-order valence-electron chi connectivity index (χ1n) is 12.4. The van der Waals surface area contributed by atoms with Crippen LogP contribution in [0.2, 0.25) is 0 Å². The van der Waals surface area contributed by atoms with Crippen molar-refractivity contribution >= 4 is 17.6 Å². The van der Waals surface area contributed by atoms with Crippen LogP contribution in [0, 0.1) is 40.4 Å². The molecule has 0 aromatic heterocycles. The van der Waals surface area contributed by atoms with Crippen LogP contribution in [0.5, 0.6) is 0 Å². The molecule has 0 saturated heterocycles. The number of rotatable bonds is 5. The summed E-state index contributed by atoms with van der Waals surface area (Å²) in [5, 5.41) is 9.96. The number of hydrogen-bond donors (Lipinski definition) is 2. The van der Waals surface area contributed by atoms with Crippen molar-refractivity contribution in [3.8, 4) is 0 Å². The third-order valence-electron chi connectivity index (χ3n) is 9.90. The Kier molecular flexibility index (Phi) is 6.49. The van der Waals surface area contributed by atoms with Crippen LogP contribution in [0.1, 0.15) is 78.6 Å². The van der Waals surface area contributed by atoms with E-state index in [9.17, 15) is 9.59 Å². The van der Waals surface area contributed by atoms with E-state index in [0.29, 0.717) is 36.1 Å². The van der Waals surface area contributed by atoms with E-state index in [-0.39, 0.29) is 5.41 Å². The standard InChI is InChI=1S/C25H41N3O3/c1-16(28-31-23(30)27-14-13-26-4)20-7-8-21-19-6-5-17-15-18(29)9-11-24(17,2)22(19)10-12-25(20,21)3/h17,19-22,26H,5-15H2,1-4H3,(H,27,30)/b28-16+/t17-,19+,20-,21+,22+,24+,25-/m1/s1. The molecule has 4 fully saturated rings. The number of nitrogens with one attached hydrogen (secondary N) is 2. The number of likely N-dealkylation sites (N-methyl/N-ethyl adjacent to an activating group) is 1. The van der Waals surface area contributed by atoms with Gasteiger partial charge in [0.25, 0.3) is 0 Å². The molecule has 0 bridgehead atoms. The molecule has 2 N–H and O–H groups in total. The van der Waals surface area contributed by atoms with Crippen LogP contribution in [0.3, 0.4) is 0 Å². The van der Waals surface area contributed by atoms with Crippen molar-refractivity contribution in [1.82, 2.24) is 10.6 Å². The SMILES string of the molecule is CNCCNC(=O)O/N=C(\C)[C@H]1CC[C@H]2[C@@H]3CC[C@@H]4CC(=O)CC[C@]4(C)[C@H]3CC[C@]12C. The van der Waals surface area contributed by atoms with Gasteiger partial charge in [0, 0.05) is 31.8 Å². The van der Waals surface area contributed by atoms with E-state index in [1.807, 2.05) is 14.0 Å². The topological polar surface area (TPSA) is 79.8 Å². The van der Waals surface area contributed by atoms with Gasteiger partial charge in [-0.1, -0.05) is 19.0 Å². The Morgan fingerprint density at radius 1 is 1.06 bits per heavy atom. The van der Waals surface area contributed by atoms with Crippen molar-refractivity contribution in [2.45, 2.75) is 78.6 Å². The summed E-state index contributed by atoms with van der Waals surface area (Å²) in [5.41, 5.74) is 1.57. The van der Waals surface area contributed by atoms with Crippen LogP contribution >= 0.6 is 0 Å². The van der Waals surface area contributed by atoms with Crippen LogP contribution in [0.25, 0.3) is 0 Å². The van der Waals surface area contributed by atoms with Gasteiger partial charge in [0.1, 0.15) is 5.78 Å². The van der Waals surface area contributed by atoms with E-state index >= 15 is 0 Å². The second-order valence-corrected chi connectivity index (χ2v) is 11.2. The van der Waals surface area contributed by atoms with Gasteiger partial charge < -0.3 is 10.6 Å². The minimum atomic E-state index is -0.476. The van der Waals surface area contributed by atoms with Crippen molar-refractivity contribution in [1.29, 1.82) is 0 Å². The molecular formula is C25H41N3O3. The Morgan fingerprint density at radius 2 is 1.84 bits per heavy atom. The molecule has 0 heterocycles. The van der Waals surface area contributed by atoms with E-state index in [2.05, 4.69) is 29.6 Å². The molecule has 0 radical (unpaired) electrons. The molecule has 4 rings (SSSR count). The molecule has 0 aromatic rings. The van der Waals surface area contributed by atoms with Crippen LogP contribution in [-0.2, 0) is 9.63 Å². The van der Waals surface area contributed by atoms with Crippen LogP contribution in [0.15, 0.2) is 5.16 Å². The van der Waals surface area contributed by atoms with Crippen molar-refractivity contribution in [3.63, 3.8) is 0 Å². The third-order valence-corrected chi connectivity index (χ3v) is 9.90. The van der Waals surface area contributed by atoms with E-state index in [1.54, 1.807) is 0 Å². The number of Topliss-reactive ketones (excluding diaryl/α,β-unsaturated/α-hetero) is 1. The largest absolute Gasteiger partial charge is 0.433 e. The maximum Gasteiger partial charge on any atom is 0.433 e. The van der Waals surface area contributed by atoms with Gasteiger partial charge in [-0.15, -0.1) is 0 Å². The van der Waals surface area contributed by atoms with Crippen molar-refractivity contribution < 1.29 is 14.4 Å². The zero-order valence-electron chi connectivity index (χ0n) is 19.8. The lowest BCUT2D eigenvalue weighted by atomic mass is 9.44. The Hall–Kier alpha value is -1.43. The van der Waals surface area contributed by atoms with Crippen LogP contribution in [-0.4, -0.2) is 37.7 Å². The van der Waals surface area contributed by atoms with Crippen molar-refractivity contribution in [3.05, 3.63) is 0 Å². The Balaban J connectivity index is 1.44. The molecule has 4 aliphatic carbocycles. The number of carbonyl (C=O) groups excluding carboxylic acids is 2. The fourth-order valence-corrected chi connectivity index (χ4v) is 8.23. The summed E-state index contributed by atoms with van der Waals surface area (Å²) < 4.78 is 0. The number of ketones is 1. The lowest BCUT2D eigenvalue weighted by Gasteiger charge is -2.60. The van der Waals surface area contributed by atoms with Crippen LogP contribution < -0.4 is 10.6 Å². The van der Waals surface area contributed by atoms with Gasteiger partial charge in [-0.25, -0.2) is 4.79 Å². The molecule has 0 unspecified atom stereocenters. The van der Waals surface area contributed by atoms with Crippen LogP contribution in [0.4, 0.5) is 4.79 Å². The molecule has 4 saturated carbocycles. The predicted octanol–water partition coefficient (Wildman–Crippen LogP) is 4.54. The highest BCUT2D eigenvalue weighted by Crippen LogP contribution is 2.67. The van der Waals surface area contributed by atoms with Gasteiger partial charge in [0.2, 0.25) is 0 Å². The molecule has 1 amide bonds. The van der Waals surface area contributed by atoms with E-state index in [1.165, 1.54) is 32.1 Å². The molecule has 0 spiro atoms. The van der Waals surface area contributed by atoms with Gasteiger partial charge >= 0.3 is 6.09 Å². The van der Waals surface area contributed by atoms with Crippen molar-refractivity contribution in [2.24, 2.45) is 45.6 Å². The fraction of sp³-hybridized carbons (Fsp3) is 0.880. The molecule has 6 heteroatoms. The molecule has 174 valence electrons. The first kappa shape index (κ1) is 22.8. The quantitative estimate of drug-likeness (QED) is 0.290. The van der Waals surface area contributed by atoms with Gasteiger partial charge in [0.15, 0.2) is 0 Å². The highest BCUT2D eigenvalue weighted by atomic mass is 16.7. The maximum absolute atomic E-state index is 12.1. The third kappa shape index (κ3) is 4.05. The Morgan fingerprint density at radius 3 is 2.61 bits per heavy atom. The summed E-state index contributed by atoms with van der Waals surface area (Å²) in [6.07, 6.45) is 9.64. The van der Waals surface area contributed by atoms with Crippen molar-refractivity contribution in [2.75, 3.05) is 20.1 Å². The van der Waals surface area contributed by atoms with E-state index < -0.39 is 6.09 Å². The average molecular weight is 432 g/mol. The minimum absolute atomic E-state index is 0.244. The fourth-order valence-electron chi connectivity index (χ4n) is 8.23. The van der Waals surface area contributed by atoms with Gasteiger partial charge in [-0.05, 0) is 93.4 Å². The number of nitrogens with zero attached hydrogens (tertiary/aromatic N) is 1. The second kappa shape index (κ2) is 8.84. The summed E-state index contributed by atoms with van der Waals surface area (Å²) in [4.78, 5) is 29.2.